The molecule has 1 rings (SSSR count). The summed E-state index contributed by atoms with van der Waals surface area (Å²) in [5, 5.41) is 0.176. The van der Waals surface area contributed by atoms with Crippen LogP contribution in [0.2, 0.25) is 5.02 Å². The number of hydrogen-bond donors (Lipinski definition) is 2. The van der Waals surface area contributed by atoms with Gasteiger partial charge in [-0.15, -0.1) is 0 Å². The SMILES string of the molecule is COc1nc(N)c(Cl)cc1C(N)=O. The molecule has 5 nitrogen and oxygen atoms in total. The number of primary amides is 1. The molecule has 1 aromatic rings. The van der Waals surface area contributed by atoms with Crippen LogP contribution >= 0.6 is 11.6 Å². The molecule has 13 heavy (non-hydrogen) atoms. The van der Waals surface area contributed by atoms with Gasteiger partial charge in [0.1, 0.15) is 11.4 Å². The van der Waals surface area contributed by atoms with Crippen LogP contribution in [0, 0.1) is 0 Å². The van der Waals surface area contributed by atoms with Crippen molar-refractivity contribution in [2.45, 2.75) is 0 Å². The van der Waals surface area contributed by atoms with Crippen LogP contribution in [0.15, 0.2) is 6.07 Å². The zero-order valence-electron chi connectivity index (χ0n) is 6.87. The molecular weight excluding hydrogens is 194 g/mol. The molecule has 0 unspecified atom stereocenters. The Labute approximate surface area is 79.6 Å². The molecule has 0 bridgehead atoms. The lowest BCUT2D eigenvalue weighted by Crippen LogP contribution is -2.14. The average Bonchev–Trinajstić information content (AvgIpc) is 2.08. The van der Waals surface area contributed by atoms with Crippen LogP contribution in [0.1, 0.15) is 10.4 Å². The summed E-state index contributed by atoms with van der Waals surface area (Å²) >= 11 is 5.64. The van der Waals surface area contributed by atoms with Crippen molar-refractivity contribution in [2.75, 3.05) is 12.8 Å². The molecule has 0 aromatic carbocycles. The number of methoxy groups -OCH3 is 1. The van der Waals surface area contributed by atoms with Gasteiger partial charge in [-0.25, -0.2) is 0 Å². The van der Waals surface area contributed by atoms with E-state index in [0.717, 1.165) is 0 Å². The van der Waals surface area contributed by atoms with Gasteiger partial charge in [0.15, 0.2) is 0 Å². The maximum atomic E-state index is 10.8. The first-order valence-corrected chi connectivity index (χ1v) is 3.74. The fraction of sp³-hybridized carbons (Fsp3) is 0.143. The van der Waals surface area contributed by atoms with Crippen LogP contribution in [0.5, 0.6) is 5.88 Å². The number of aromatic nitrogens is 1. The van der Waals surface area contributed by atoms with Gasteiger partial charge in [-0.2, -0.15) is 4.98 Å². The molecule has 6 heteroatoms. The predicted molar refractivity (Wildman–Crippen MR) is 48.7 cm³/mol. The van der Waals surface area contributed by atoms with Crippen LogP contribution in [-0.2, 0) is 0 Å². The highest BCUT2D eigenvalue weighted by molar-refractivity contribution is 6.33. The second-order valence-electron chi connectivity index (χ2n) is 2.28. The second-order valence-corrected chi connectivity index (χ2v) is 2.68. The van der Waals surface area contributed by atoms with E-state index in [0.29, 0.717) is 0 Å². The van der Waals surface area contributed by atoms with E-state index < -0.39 is 5.91 Å². The van der Waals surface area contributed by atoms with Gasteiger partial charge in [0.25, 0.3) is 5.91 Å². The Kier molecular flexibility index (Phi) is 2.57. The number of carbonyl (C=O) groups is 1. The Morgan fingerprint density at radius 2 is 2.31 bits per heavy atom. The Bertz CT molecular complexity index is 354. The molecule has 0 saturated heterocycles. The molecular formula is C7H8ClN3O2. The van der Waals surface area contributed by atoms with Crippen LogP contribution in [-0.4, -0.2) is 18.0 Å². The van der Waals surface area contributed by atoms with Crippen molar-refractivity contribution in [3.05, 3.63) is 16.7 Å². The highest BCUT2D eigenvalue weighted by Crippen LogP contribution is 2.24. The number of rotatable bonds is 2. The van der Waals surface area contributed by atoms with Crippen molar-refractivity contribution in [2.24, 2.45) is 5.73 Å². The summed E-state index contributed by atoms with van der Waals surface area (Å²) in [5.74, 6) is -0.482. The molecule has 0 spiro atoms. The van der Waals surface area contributed by atoms with E-state index in [1.807, 2.05) is 0 Å². The van der Waals surface area contributed by atoms with Crippen LogP contribution < -0.4 is 16.2 Å². The van der Waals surface area contributed by atoms with Crippen LogP contribution in [0.4, 0.5) is 5.82 Å². The van der Waals surface area contributed by atoms with E-state index in [1.54, 1.807) is 0 Å². The standard InChI is InChI=1S/C7H8ClN3O2/c1-13-7-3(6(10)12)2-4(8)5(9)11-7/h2H,1H3,(H2,9,11)(H2,10,12). The van der Waals surface area contributed by atoms with Crippen molar-refractivity contribution in [3.63, 3.8) is 0 Å². The van der Waals surface area contributed by atoms with Crippen molar-refractivity contribution < 1.29 is 9.53 Å². The Balaban J connectivity index is 3.33. The lowest BCUT2D eigenvalue weighted by atomic mass is 10.2. The maximum absolute atomic E-state index is 10.8. The Morgan fingerprint density at radius 1 is 1.69 bits per heavy atom. The van der Waals surface area contributed by atoms with Gasteiger partial charge >= 0.3 is 0 Å². The van der Waals surface area contributed by atoms with Crippen molar-refractivity contribution in [1.29, 1.82) is 0 Å². The highest BCUT2D eigenvalue weighted by atomic mass is 35.5. The molecule has 1 amide bonds. The van der Waals surface area contributed by atoms with Crippen LogP contribution in [0.25, 0.3) is 0 Å². The van der Waals surface area contributed by atoms with Gasteiger partial charge in [-0.1, -0.05) is 11.6 Å². The third-order valence-corrected chi connectivity index (χ3v) is 1.73. The number of hydrogen-bond acceptors (Lipinski definition) is 4. The number of nitrogens with two attached hydrogens (primary N) is 2. The van der Waals surface area contributed by atoms with Gasteiger partial charge in [0.05, 0.1) is 12.1 Å². The fourth-order valence-electron chi connectivity index (χ4n) is 0.818. The maximum Gasteiger partial charge on any atom is 0.254 e. The van der Waals surface area contributed by atoms with Gasteiger partial charge in [-0.05, 0) is 6.07 Å². The topological polar surface area (TPSA) is 91.2 Å². The molecule has 70 valence electrons. The number of anilines is 1. The molecule has 0 fully saturated rings. The zero-order valence-corrected chi connectivity index (χ0v) is 7.63. The minimum atomic E-state index is -0.661. The van der Waals surface area contributed by atoms with E-state index in [1.165, 1.54) is 13.2 Å². The summed E-state index contributed by atoms with van der Waals surface area (Å²) in [7, 11) is 1.36. The first kappa shape index (κ1) is 9.60. The molecule has 0 radical (unpaired) electrons. The molecule has 1 heterocycles. The summed E-state index contributed by atoms with van der Waals surface area (Å²) in [6, 6.07) is 1.32. The largest absolute Gasteiger partial charge is 0.480 e. The molecule has 1 aromatic heterocycles. The predicted octanol–water partition coefficient (Wildman–Crippen LogP) is 0.425. The first-order valence-electron chi connectivity index (χ1n) is 3.36. The zero-order chi connectivity index (χ0) is 10.0. The number of nitrogens with zero attached hydrogens (tertiary/aromatic N) is 1. The third kappa shape index (κ3) is 1.81. The lowest BCUT2D eigenvalue weighted by Gasteiger charge is -2.05. The molecule has 0 aliphatic carbocycles. The number of pyridine rings is 1. The second kappa shape index (κ2) is 3.49. The number of ether oxygens (including phenoxy) is 1. The van der Waals surface area contributed by atoms with E-state index >= 15 is 0 Å². The monoisotopic (exact) mass is 201 g/mol. The summed E-state index contributed by atoms with van der Waals surface area (Å²) in [4.78, 5) is 14.6. The molecule has 0 atom stereocenters. The normalized spacial score (nSPS) is 9.69. The number of carbonyl (C=O) groups excluding carboxylic acids is 1. The number of nitrogen functional groups attached to an aromatic ring is 1. The van der Waals surface area contributed by atoms with Crippen molar-refractivity contribution in [1.82, 2.24) is 4.98 Å². The third-order valence-electron chi connectivity index (χ3n) is 1.43. The van der Waals surface area contributed by atoms with Crippen molar-refractivity contribution >= 4 is 23.3 Å². The first-order chi connectivity index (χ1) is 6.06. The summed E-state index contributed by atoms with van der Waals surface area (Å²) in [6.45, 7) is 0. The summed E-state index contributed by atoms with van der Waals surface area (Å²) < 4.78 is 4.79. The summed E-state index contributed by atoms with van der Waals surface area (Å²) in [6.07, 6.45) is 0. The smallest absolute Gasteiger partial charge is 0.254 e. The minimum absolute atomic E-state index is 0.0781. The molecule has 4 N–H and O–H groups in total. The van der Waals surface area contributed by atoms with Crippen molar-refractivity contribution in [3.8, 4) is 5.88 Å². The average molecular weight is 202 g/mol. The van der Waals surface area contributed by atoms with Crippen LogP contribution in [0.3, 0.4) is 0 Å². The van der Waals surface area contributed by atoms with Gasteiger partial charge in [-0.3, -0.25) is 4.79 Å². The van der Waals surface area contributed by atoms with Gasteiger partial charge in [0.2, 0.25) is 5.88 Å². The number of amides is 1. The lowest BCUT2D eigenvalue weighted by molar-refractivity contribution is 0.0996. The quantitative estimate of drug-likeness (QED) is 0.726. The van der Waals surface area contributed by atoms with E-state index in [2.05, 4.69) is 4.98 Å². The number of halogens is 1. The summed E-state index contributed by atoms with van der Waals surface area (Å²) in [5.41, 5.74) is 10.6. The Morgan fingerprint density at radius 3 is 2.77 bits per heavy atom. The van der Waals surface area contributed by atoms with E-state index in [-0.39, 0.29) is 22.3 Å². The van der Waals surface area contributed by atoms with Gasteiger partial charge < -0.3 is 16.2 Å². The van der Waals surface area contributed by atoms with Gasteiger partial charge in [0, 0.05) is 0 Å². The van der Waals surface area contributed by atoms with E-state index in [4.69, 9.17) is 27.8 Å². The minimum Gasteiger partial charge on any atom is -0.480 e. The molecule has 0 aliphatic heterocycles. The fourth-order valence-corrected chi connectivity index (χ4v) is 0.969. The highest BCUT2D eigenvalue weighted by Gasteiger charge is 2.13. The Hall–Kier alpha value is -1.49. The molecule has 0 aliphatic rings. The van der Waals surface area contributed by atoms with E-state index in [9.17, 15) is 4.79 Å². The molecule has 0 saturated carbocycles.